The second-order valence-electron chi connectivity index (χ2n) is 4.73. The van der Waals surface area contributed by atoms with Gasteiger partial charge < -0.3 is 15.4 Å². The highest BCUT2D eigenvalue weighted by Gasteiger charge is 2.19. The molecule has 0 amide bonds. The van der Waals surface area contributed by atoms with Gasteiger partial charge in [0.25, 0.3) is 0 Å². The summed E-state index contributed by atoms with van der Waals surface area (Å²) < 4.78 is 5.39. The Morgan fingerprint density at radius 2 is 2.41 bits per heavy atom. The van der Waals surface area contributed by atoms with Crippen molar-refractivity contribution in [2.75, 3.05) is 25.0 Å². The normalized spacial score (nSPS) is 23.4. The van der Waals surface area contributed by atoms with Crippen molar-refractivity contribution in [2.45, 2.75) is 26.1 Å². The van der Waals surface area contributed by atoms with Crippen LogP contribution in [0.1, 0.15) is 24.1 Å². The summed E-state index contributed by atoms with van der Waals surface area (Å²) in [6, 6.07) is 0. The van der Waals surface area contributed by atoms with Gasteiger partial charge in [0.05, 0.1) is 18.9 Å². The first-order chi connectivity index (χ1) is 8.43. The van der Waals surface area contributed by atoms with Gasteiger partial charge in [-0.3, -0.25) is 0 Å². The minimum atomic E-state index is 0.623. The number of fused-ring (bicyclic) bond motifs is 1. The molecule has 0 radical (unpaired) electrons. The summed E-state index contributed by atoms with van der Waals surface area (Å²) in [5, 5.41) is 6.87. The quantitative estimate of drug-likeness (QED) is 0.814. The third-order valence-corrected chi connectivity index (χ3v) is 3.48. The average Bonchev–Trinajstić information content (AvgIpc) is 2.86. The number of piperidine rings is 1. The standard InChI is InChI=1S/C12H18N4O/c1-2-9(4-13-3-1)5-14-12-10-6-17-7-11(10)15-8-16-12/h8-9,13H,1-7H2,(H,14,15,16). The molecule has 5 nitrogen and oxygen atoms in total. The molecule has 3 heterocycles. The van der Waals surface area contributed by atoms with Crippen LogP contribution in [-0.4, -0.2) is 29.6 Å². The van der Waals surface area contributed by atoms with Crippen LogP contribution in [-0.2, 0) is 18.0 Å². The van der Waals surface area contributed by atoms with E-state index in [1.54, 1.807) is 6.33 Å². The van der Waals surface area contributed by atoms with Crippen LogP contribution in [0.25, 0.3) is 0 Å². The highest BCUT2D eigenvalue weighted by molar-refractivity contribution is 5.46. The molecule has 0 saturated carbocycles. The van der Waals surface area contributed by atoms with E-state index in [1.165, 1.54) is 12.8 Å². The first-order valence-electron chi connectivity index (χ1n) is 6.28. The van der Waals surface area contributed by atoms with E-state index in [0.29, 0.717) is 19.1 Å². The highest BCUT2D eigenvalue weighted by atomic mass is 16.5. The van der Waals surface area contributed by atoms with Gasteiger partial charge in [0.15, 0.2) is 0 Å². The van der Waals surface area contributed by atoms with E-state index in [-0.39, 0.29) is 0 Å². The Balaban J connectivity index is 1.63. The maximum atomic E-state index is 5.39. The van der Waals surface area contributed by atoms with Crippen LogP contribution in [0.3, 0.4) is 0 Å². The lowest BCUT2D eigenvalue weighted by molar-refractivity contribution is 0.133. The van der Waals surface area contributed by atoms with E-state index in [4.69, 9.17) is 4.74 Å². The van der Waals surface area contributed by atoms with Crippen molar-refractivity contribution in [1.29, 1.82) is 0 Å². The van der Waals surface area contributed by atoms with E-state index < -0.39 is 0 Å². The molecule has 1 aromatic heterocycles. The molecule has 0 aliphatic carbocycles. The van der Waals surface area contributed by atoms with Gasteiger partial charge in [-0.2, -0.15) is 0 Å². The molecular formula is C12H18N4O. The Kier molecular flexibility index (Phi) is 3.20. The minimum Gasteiger partial charge on any atom is -0.370 e. The van der Waals surface area contributed by atoms with Crippen molar-refractivity contribution in [1.82, 2.24) is 15.3 Å². The molecule has 1 unspecified atom stereocenters. The Morgan fingerprint density at radius 3 is 3.29 bits per heavy atom. The molecule has 92 valence electrons. The van der Waals surface area contributed by atoms with Crippen molar-refractivity contribution in [3.05, 3.63) is 17.6 Å². The predicted molar refractivity (Wildman–Crippen MR) is 64.6 cm³/mol. The topological polar surface area (TPSA) is 59.1 Å². The van der Waals surface area contributed by atoms with Crippen LogP contribution >= 0.6 is 0 Å². The molecule has 1 saturated heterocycles. The van der Waals surface area contributed by atoms with Crippen molar-refractivity contribution in [2.24, 2.45) is 5.92 Å². The van der Waals surface area contributed by atoms with Crippen molar-refractivity contribution >= 4 is 5.82 Å². The number of nitrogens with one attached hydrogen (secondary N) is 2. The highest BCUT2D eigenvalue weighted by Crippen LogP contribution is 2.23. The number of ether oxygens (including phenoxy) is 1. The van der Waals surface area contributed by atoms with Crippen LogP contribution in [0.2, 0.25) is 0 Å². The fourth-order valence-corrected chi connectivity index (χ4v) is 2.47. The molecule has 2 N–H and O–H groups in total. The Hall–Kier alpha value is -1.20. The maximum absolute atomic E-state index is 5.39. The van der Waals surface area contributed by atoms with Gasteiger partial charge in [-0.1, -0.05) is 0 Å². The summed E-state index contributed by atoms with van der Waals surface area (Å²) in [6.45, 7) is 4.51. The summed E-state index contributed by atoms with van der Waals surface area (Å²) in [7, 11) is 0. The van der Waals surface area contributed by atoms with Gasteiger partial charge in [0, 0.05) is 12.1 Å². The largest absolute Gasteiger partial charge is 0.370 e. The zero-order valence-electron chi connectivity index (χ0n) is 9.91. The van der Waals surface area contributed by atoms with Gasteiger partial charge in [-0.05, 0) is 31.8 Å². The number of nitrogens with zero attached hydrogens (tertiary/aromatic N) is 2. The Morgan fingerprint density at radius 1 is 1.41 bits per heavy atom. The first kappa shape index (κ1) is 10.9. The third kappa shape index (κ3) is 2.40. The zero-order chi connectivity index (χ0) is 11.5. The molecule has 1 aromatic rings. The van der Waals surface area contributed by atoms with Gasteiger partial charge in [0.1, 0.15) is 12.1 Å². The average molecular weight is 234 g/mol. The molecular weight excluding hydrogens is 216 g/mol. The van der Waals surface area contributed by atoms with Crippen LogP contribution in [0.5, 0.6) is 0 Å². The lowest BCUT2D eigenvalue weighted by Crippen LogP contribution is -2.33. The van der Waals surface area contributed by atoms with Gasteiger partial charge >= 0.3 is 0 Å². The Labute approximate surface area is 101 Å². The molecule has 0 bridgehead atoms. The van der Waals surface area contributed by atoms with Crippen molar-refractivity contribution < 1.29 is 4.74 Å². The van der Waals surface area contributed by atoms with E-state index in [1.807, 2.05) is 0 Å². The third-order valence-electron chi connectivity index (χ3n) is 3.48. The van der Waals surface area contributed by atoms with Crippen LogP contribution in [0.15, 0.2) is 6.33 Å². The maximum Gasteiger partial charge on any atom is 0.135 e. The van der Waals surface area contributed by atoms with Gasteiger partial charge in [0.2, 0.25) is 0 Å². The second-order valence-corrected chi connectivity index (χ2v) is 4.73. The van der Waals surface area contributed by atoms with E-state index in [2.05, 4.69) is 20.6 Å². The van der Waals surface area contributed by atoms with Crippen molar-refractivity contribution in [3.63, 3.8) is 0 Å². The number of hydrogen-bond donors (Lipinski definition) is 2. The number of hydrogen-bond acceptors (Lipinski definition) is 5. The monoisotopic (exact) mass is 234 g/mol. The number of anilines is 1. The molecule has 2 aliphatic rings. The smallest absolute Gasteiger partial charge is 0.135 e. The second kappa shape index (κ2) is 4.98. The summed E-state index contributed by atoms with van der Waals surface area (Å²) >= 11 is 0. The van der Waals surface area contributed by atoms with Crippen molar-refractivity contribution in [3.8, 4) is 0 Å². The molecule has 5 heteroatoms. The predicted octanol–water partition coefficient (Wildman–Crippen LogP) is 0.918. The minimum absolute atomic E-state index is 0.623. The first-order valence-corrected chi connectivity index (χ1v) is 6.28. The van der Waals surface area contributed by atoms with Gasteiger partial charge in [-0.25, -0.2) is 9.97 Å². The fourth-order valence-electron chi connectivity index (χ4n) is 2.47. The molecule has 17 heavy (non-hydrogen) atoms. The van der Waals surface area contributed by atoms with Crippen LogP contribution in [0, 0.1) is 5.92 Å². The summed E-state index contributed by atoms with van der Waals surface area (Å²) in [4.78, 5) is 8.54. The molecule has 0 aromatic carbocycles. The Bertz CT molecular complexity index is 390. The molecule has 1 atom stereocenters. The molecule has 2 aliphatic heterocycles. The lowest BCUT2D eigenvalue weighted by Gasteiger charge is -2.23. The number of rotatable bonds is 3. The molecule has 1 fully saturated rings. The fraction of sp³-hybridized carbons (Fsp3) is 0.667. The van der Waals surface area contributed by atoms with E-state index in [0.717, 1.165) is 36.7 Å². The molecule has 0 spiro atoms. The zero-order valence-corrected chi connectivity index (χ0v) is 9.91. The van der Waals surface area contributed by atoms with Crippen LogP contribution in [0.4, 0.5) is 5.82 Å². The summed E-state index contributed by atoms with van der Waals surface area (Å²) in [5.74, 6) is 1.66. The summed E-state index contributed by atoms with van der Waals surface area (Å²) in [6.07, 6.45) is 4.19. The molecule has 3 rings (SSSR count). The number of aromatic nitrogens is 2. The van der Waals surface area contributed by atoms with E-state index in [9.17, 15) is 0 Å². The SMILES string of the molecule is c1nc2c(c(NCC3CCCNC3)n1)COC2. The summed E-state index contributed by atoms with van der Waals surface area (Å²) in [5.41, 5.74) is 2.17. The van der Waals surface area contributed by atoms with Gasteiger partial charge in [-0.15, -0.1) is 0 Å². The van der Waals surface area contributed by atoms with Crippen LogP contribution < -0.4 is 10.6 Å². The van der Waals surface area contributed by atoms with E-state index >= 15 is 0 Å². The lowest BCUT2D eigenvalue weighted by atomic mass is 10.00.